The molecule has 0 aliphatic heterocycles. The third-order valence-corrected chi connectivity index (χ3v) is 3.12. The van der Waals surface area contributed by atoms with Crippen LogP contribution in [0.15, 0.2) is 24.3 Å². The van der Waals surface area contributed by atoms with E-state index >= 15 is 0 Å². The van der Waals surface area contributed by atoms with E-state index in [0.717, 1.165) is 22.9 Å². The number of ether oxygens (including phenoxy) is 1. The number of benzene rings is 1. The lowest BCUT2D eigenvalue weighted by molar-refractivity contribution is -0.392. The van der Waals surface area contributed by atoms with Crippen molar-refractivity contribution >= 4 is 23.1 Å². The number of halogens is 2. The molecule has 0 unspecified atom stereocenters. The average molecular weight is 385 g/mol. The lowest BCUT2D eigenvalue weighted by atomic mass is 10.2. The number of nitrogens with one attached hydrogen (secondary N) is 1. The molecular weight excluding hydrogens is 372 g/mol. The maximum absolute atomic E-state index is 12.2. The smallest absolute Gasteiger partial charge is 0.345 e. The first-order valence-corrected chi connectivity index (χ1v) is 7.35. The van der Waals surface area contributed by atoms with E-state index in [2.05, 4.69) is 10.4 Å². The van der Waals surface area contributed by atoms with Gasteiger partial charge in [0.05, 0.1) is 28.4 Å². The molecule has 2 aromatic rings. The number of alkyl halides is 2. The van der Waals surface area contributed by atoms with Gasteiger partial charge in [0.1, 0.15) is 12.4 Å². The number of nitro groups is 2. The van der Waals surface area contributed by atoms with E-state index in [1.54, 1.807) is 0 Å². The summed E-state index contributed by atoms with van der Waals surface area (Å²) >= 11 is 0. The van der Waals surface area contributed by atoms with Crippen LogP contribution in [0.1, 0.15) is 5.69 Å². The number of hydrogen-bond acceptors (Lipinski definition) is 7. The maximum atomic E-state index is 12.2. The minimum absolute atomic E-state index is 0.0926. The van der Waals surface area contributed by atoms with E-state index in [4.69, 9.17) is 4.74 Å². The van der Waals surface area contributed by atoms with Crippen molar-refractivity contribution in [3.63, 3.8) is 0 Å². The maximum Gasteiger partial charge on any atom is 0.345 e. The molecule has 1 amide bonds. The molecule has 0 saturated heterocycles. The Kier molecular flexibility index (Phi) is 5.95. The standard InChI is InChI=1S/C14H13F2N5O6/c1-8-2-14(21(25)26)19(18-8)6-13(22)17-9-3-10(20(23)24)5-11(4-9)27-7-12(15)16/h2-5,12H,6-7H2,1H3,(H,17,22). The Morgan fingerprint density at radius 2 is 1.96 bits per heavy atom. The highest BCUT2D eigenvalue weighted by atomic mass is 19.3. The molecule has 2 rings (SSSR count). The van der Waals surface area contributed by atoms with Gasteiger partial charge in [-0.15, -0.1) is 4.68 Å². The number of non-ortho nitro benzene ring substituents is 1. The Balaban J connectivity index is 2.19. The van der Waals surface area contributed by atoms with E-state index in [1.165, 1.54) is 13.0 Å². The van der Waals surface area contributed by atoms with E-state index in [-0.39, 0.29) is 11.4 Å². The number of amides is 1. The number of hydrogen-bond donors (Lipinski definition) is 1. The van der Waals surface area contributed by atoms with Gasteiger partial charge >= 0.3 is 5.82 Å². The Morgan fingerprint density at radius 3 is 2.56 bits per heavy atom. The zero-order valence-electron chi connectivity index (χ0n) is 13.8. The van der Waals surface area contributed by atoms with E-state index in [0.29, 0.717) is 5.69 Å². The third-order valence-electron chi connectivity index (χ3n) is 3.12. The fourth-order valence-corrected chi connectivity index (χ4v) is 2.14. The predicted octanol–water partition coefficient (Wildman–Crippen LogP) is 2.29. The van der Waals surface area contributed by atoms with Crippen molar-refractivity contribution in [1.29, 1.82) is 0 Å². The fraction of sp³-hybridized carbons (Fsp3) is 0.286. The largest absolute Gasteiger partial charge is 0.487 e. The molecule has 144 valence electrons. The van der Waals surface area contributed by atoms with Crippen LogP contribution in [-0.2, 0) is 11.3 Å². The first-order valence-electron chi connectivity index (χ1n) is 7.35. The molecule has 0 fully saturated rings. The topological polar surface area (TPSA) is 142 Å². The summed E-state index contributed by atoms with van der Waals surface area (Å²) in [5.41, 5.74) is -0.254. The molecule has 1 heterocycles. The van der Waals surface area contributed by atoms with Crippen molar-refractivity contribution in [2.45, 2.75) is 19.9 Å². The summed E-state index contributed by atoms with van der Waals surface area (Å²) < 4.78 is 30.1. The summed E-state index contributed by atoms with van der Waals surface area (Å²) in [5.74, 6) is -1.40. The molecule has 1 N–H and O–H groups in total. The molecule has 0 aliphatic carbocycles. The average Bonchev–Trinajstić information content (AvgIpc) is 2.93. The van der Waals surface area contributed by atoms with Crippen molar-refractivity contribution in [2.24, 2.45) is 0 Å². The SMILES string of the molecule is Cc1cc([N+](=O)[O-])n(CC(=O)Nc2cc(OCC(F)F)cc([N+](=O)[O-])c2)n1. The summed E-state index contributed by atoms with van der Waals surface area (Å²) in [6, 6.07) is 4.22. The van der Waals surface area contributed by atoms with Gasteiger partial charge in [0.2, 0.25) is 0 Å². The van der Waals surface area contributed by atoms with Crippen molar-refractivity contribution < 1.29 is 28.2 Å². The highest BCUT2D eigenvalue weighted by molar-refractivity contribution is 5.91. The minimum atomic E-state index is -2.79. The van der Waals surface area contributed by atoms with Crippen LogP contribution in [0.4, 0.5) is 26.0 Å². The van der Waals surface area contributed by atoms with Crippen LogP contribution in [0, 0.1) is 27.2 Å². The zero-order chi connectivity index (χ0) is 20.1. The lowest BCUT2D eigenvalue weighted by Gasteiger charge is -2.09. The molecule has 0 aliphatic rings. The Labute approximate surface area is 149 Å². The second-order valence-electron chi connectivity index (χ2n) is 5.28. The second-order valence-corrected chi connectivity index (χ2v) is 5.28. The van der Waals surface area contributed by atoms with E-state index in [9.17, 15) is 33.8 Å². The van der Waals surface area contributed by atoms with Crippen LogP contribution in [0.3, 0.4) is 0 Å². The summed E-state index contributed by atoms with van der Waals surface area (Å²) in [5, 5.41) is 28.0. The highest BCUT2D eigenvalue weighted by Gasteiger charge is 2.20. The first-order chi connectivity index (χ1) is 12.7. The van der Waals surface area contributed by atoms with Crippen LogP contribution in [-0.4, -0.2) is 38.6 Å². The second kappa shape index (κ2) is 8.16. The molecule has 27 heavy (non-hydrogen) atoms. The van der Waals surface area contributed by atoms with Crippen molar-refractivity contribution in [1.82, 2.24) is 9.78 Å². The van der Waals surface area contributed by atoms with E-state index < -0.39 is 46.8 Å². The van der Waals surface area contributed by atoms with Crippen LogP contribution in [0.25, 0.3) is 0 Å². The quantitative estimate of drug-likeness (QED) is 0.542. The van der Waals surface area contributed by atoms with Gasteiger partial charge in [0, 0.05) is 12.1 Å². The number of nitrogens with zero attached hydrogens (tertiary/aromatic N) is 4. The van der Waals surface area contributed by atoms with Gasteiger partial charge < -0.3 is 20.2 Å². The van der Waals surface area contributed by atoms with Crippen LogP contribution in [0.5, 0.6) is 5.75 Å². The molecule has 0 spiro atoms. The Bertz CT molecular complexity index is 885. The van der Waals surface area contributed by atoms with Gasteiger partial charge in [-0.2, -0.15) is 0 Å². The molecular formula is C14H13F2N5O6. The molecule has 1 aromatic carbocycles. The van der Waals surface area contributed by atoms with Crippen molar-refractivity contribution in [3.05, 3.63) is 50.2 Å². The molecule has 11 nitrogen and oxygen atoms in total. The normalized spacial score (nSPS) is 10.7. The van der Waals surface area contributed by atoms with Crippen LogP contribution in [0.2, 0.25) is 0 Å². The highest BCUT2D eigenvalue weighted by Crippen LogP contribution is 2.26. The number of carbonyl (C=O) groups is 1. The molecule has 0 saturated carbocycles. The third kappa shape index (κ3) is 5.42. The lowest BCUT2D eigenvalue weighted by Crippen LogP contribution is -2.20. The monoisotopic (exact) mass is 385 g/mol. The zero-order valence-corrected chi connectivity index (χ0v) is 13.8. The Morgan fingerprint density at radius 1 is 1.26 bits per heavy atom. The predicted molar refractivity (Wildman–Crippen MR) is 86.8 cm³/mol. The summed E-state index contributed by atoms with van der Waals surface area (Å²) in [6.07, 6.45) is -2.79. The fourth-order valence-electron chi connectivity index (χ4n) is 2.14. The van der Waals surface area contributed by atoms with Gasteiger partial charge in [-0.1, -0.05) is 5.10 Å². The number of carbonyl (C=O) groups excluding carboxylic acids is 1. The number of aryl methyl sites for hydroxylation is 1. The number of anilines is 1. The number of aromatic nitrogens is 2. The molecule has 0 atom stereocenters. The van der Waals surface area contributed by atoms with Gasteiger partial charge in [-0.25, -0.2) is 8.78 Å². The van der Waals surface area contributed by atoms with Gasteiger partial charge in [0.15, 0.2) is 6.54 Å². The molecule has 13 heteroatoms. The van der Waals surface area contributed by atoms with Crippen LogP contribution >= 0.6 is 0 Å². The number of rotatable bonds is 8. The molecule has 1 aromatic heterocycles. The van der Waals surface area contributed by atoms with Gasteiger partial charge in [-0.05, 0) is 11.8 Å². The number of nitro benzene ring substituents is 1. The van der Waals surface area contributed by atoms with Crippen LogP contribution < -0.4 is 10.1 Å². The Hall–Kier alpha value is -3.64. The molecule has 0 bridgehead atoms. The van der Waals surface area contributed by atoms with E-state index in [1.807, 2.05) is 0 Å². The summed E-state index contributed by atoms with van der Waals surface area (Å²) in [4.78, 5) is 32.5. The van der Waals surface area contributed by atoms with Crippen molar-refractivity contribution in [3.8, 4) is 5.75 Å². The summed E-state index contributed by atoms with van der Waals surface area (Å²) in [6.45, 7) is 0.00195. The first kappa shape index (κ1) is 19.7. The minimum Gasteiger partial charge on any atom is -0.487 e. The van der Waals surface area contributed by atoms with Gasteiger partial charge in [0.25, 0.3) is 18.0 Å². The summed E-state index contributed by atoms with van der Waals surface area (Å²) in [7, 11) is 0. The van der Waals surface area contributed by atoms with Crippen molar-refractivity contribution in [2.75, 3.05) is 11.9 Å². The van der Waals surface area contributed by atoms with Gasteiger partial charge in [-0.3, -0.25) is 14.9 Å². The molecule has 0 radical (unpaired) electrons.